The van der Waals surface area contributed by atoms with Crippen molar-refractivity contribution in [2.24, 2.45) is 14.1 Å². The fourth-order valence-corrected chi connectivity index (χ4v) is 2.79. The van der Waals surface area contributed by atoms with Crippen molar-refractivity contribution in [3.05, 3.63) is 57.0 Å². The number of imidazole rings is 1. The summed E-state index contributed by atoms with van der Waals surface area (Å²) in [6.07, 6.45) is 2.44. The summed E-state index contributed by atoms with van der Waals surface area (Å²) in [5, 5.41) is 12.6. The molecule has 1 aromatic carbocycles. The standard InChI is InChI=1S/C17H21N5O3/c1-20-15-14(16(24)21(2)17(20)25)22(11-19-15)10-9-18-8-7-12-3-5-13(23)6-4-12/h3-6,11,18,23H,7-10H2,1-2H3. The van der Waals surface area contributed by atoms with Gasteiger partial charge in [-0.05, 0) is 30.7 Å². The third-order valence-corrected chi connectivity index (χ3v) is 4.27. The number of nitrogens with zero attached hydrogens (tertiary/aromatic N) is 4. The molecule has 0 atom stereocenters. The molecule has 8 nitrogen and oxygen atoms in total. The molecule has 3 aromatic rings. The van der Waals surface area contributed by atoms with Crippen molar-refractivity contribution in [2.75, 3.05) is 13.1 Å². The topological polar surface area (TPSA) is 94.1 Å². The summed E-state index contributed by atoms with van der Waals surface area (Å²) < 4.78 is 4.24. The number of aromatic nitrogens is 4. The Morgan fingerprint density at radius 3 is 2.52 bits per heavy atom. The molecule has 2 N–H and O–H groups in total. The highest BCUT2D eigenvalue weighted by molar-refractivity contribution is 5.69. The zero-order valence-corrected chi connectivity index (χ0v) is 14.3. The van der Waals surface area contributed by atoms with Gasteiger partial charge in [0.25, 0.3) is 5.56 Å². The number of hydrogen-bond acceptors (Lipinski definition) is 5. The van der Waals surface area contributed by atoms with E-state index in [1.54, 1.807) is 30.1 Å². The van der Waals surface area contributed by atoms with E-state index in [1.165, 1.54) is 11.6 Å². The van der Waals surface area contributed by atoms with Crippen LogP contribution < -0.4 is 16.6 Å². The Morgan fingerprint density at radius 1 is 1.08 bits per heavy atom. The number of phenolic OH excluding ortho intramolecular Hbond substituents is 1. The lowest BCUT2D eigenvalue weighted by Crippen LogP contribution is -2.37. The average Bonchev–Trinajstić information content (AvgIpc) is 3.03. The molecule has 0 unspecified atom stereocenters. The molecule has 3 rings (SSSR count). The second-order valence-corrected chi connectivity index (χ2v) is 5.98. The summed E-state index contributed by atoms with van der Waals surface area (Å²) in [7, 11) is 3.08. The average molecular weight is 343 g/mol. The molecule has 0 spiro atoms. The number of hydrogen-bond donors (Lipinski definition) is 2. The fourth-order valence-electron chi connectivity index (χ4n) is 2.79. The molecular weight excluding hydrogens is 322 g/mol. The van der Waals surface area contributed by atoms with Gasteiger partial charge in [-0.1, -0.05) is 12.1 Å². The first-order chi connectivity index (χ1) is 12.0. The first-order valence-electron chi connectivity index (χ1n) is 8.08. The summed E-state index contributed by atoms with van der Waals surface area (Å²) in [5.41, 5.74) is 1.26. The molecule has 2 aromatic heterocycles. The zero-order chi connectivity index (χ0) is 18.0. The van der Waals surface area contributed by atoms with Crippen LogP contribution >= 0.6 is 0 Å². The van der Waals surface area contributed by atoms with Crippen LogP contribution in [0.1, 0.15) is 5.56 Å². The van der Waals surface area contributed by atoms with Crippen LogP contribution in [0.3, 0.4) is 0 Å². The molecule has 0 amide bonds. The predicted molar refractivity (Wildman–Crippen MR) is 94.9 cm³/mol. The molecule has 8 heteroatoms. The van der Waals surface area contributed by atoms with Gasteiger partial charge >= 0.3 is 5.69 Å². The second-order valence-electron chi connectivity index (χ2n) is 5.98. The van der Waals surface area contributed by atoms with Crippen LogP contribution in [0.2, 0.25) is 0 Å². The second kappa shape index (κ2) is 6.94. The normalized spacial score (nSPS) is 11.3. The van der Waals surface area contributed by atoms with Crippen LogP contribution in [0.4, 0.5) is 0 Å². The van der Waals surface area contributed by atoms with Crippen molar-refractivity contribution in [3.8, 4) is 5.75 Å². The van der Waals surface area contributed by atoms with E-state index >= 15 is 0 Å². The van der Waals surface area contributed by atoms with Gasteiger partial charge in [-0.15, -0.1) is 0 Å². The fraction of sp³-hybridized carbons (Fsp3) is 0.353. The summed E-state index contributed by atoms with van der Waals surface area (Å²) in [6.45, 7) is 2.04. The number of nitrogens with one attached hydrogen (secondary N) is 1. The highest BCUT2D eigenvalue weighted by atomic mass is 16.3. The van der Waals surface area contributed by atoms with E-state index in [2.05, 4.69) is 10.3 Å². The largest absolute Gasteiger partial charge is 0.508 e. The summed E-state index contributed by atoms with van der Waals surface area (Å²) >= 11 is 0. The van der Waals surface area contributed by atoms with Gasteiger partial charge in [-0.3, -0.25) is 13.9 Å². The Hall–Kier alpha value is -2.87. The van der Waals surface area contributed by atoms with Crippen molar-refractivity contribution >= 4 is 11.2 Å². The molecule has 0 aliphatic carbocycles. The minimum absolute atomic E-state index is 0.264. The van der Waals surface area contributed by atoms with Gasteiger partial charge in [-0.25, -0.2) is 9.78 Å². The third kappa shape index (κ3) is 3.34. The van der Waals surface area contributed by atoms with Gasteiger partial charge in [0, 0.05) is 27.2 Å². The molecular formula is C17H21N5O3. The Morgan fingerprint density at radius 2 is 1.80 bits per heavy atom. The monoisotopic (exact) mass is 343 g/mol. The van der Waals surface area contributed by atoms with Crippen LogP contribution in [0.15, 0.2) is 40.2 Å². The number of aromatic hydroxyl groups is 1. The van der Waals surface area contributed by atoms with Crippen LogP contribution in [-0.4, -0.2) is 36.9 Å². The summed E-state index contributed by atoms with van der Waals surface area (Å²) in [6, 6.07) is 7.13. The maximum atomic E-state index is 12.3. The van der Waals surface area contributed by atoms with E-state index in [1.807, 2.05) is 12.1 Å². The lowest BCUT2D eigenvalue weighted by atomic mass is 10.1. The smallest absolute Gasteiger partial charge is 0.332 e. The Kier molecular flexibility index (Phi) is 4.71. The van der Waals surface area contributed by atoms with Crippen LogP contribution in [-0.2, 0) is 27.1 Å². The lowest BCUT2D eigenvalue weighted by Gasteiger charge is -2.08. The van der Waals surface area contributed by atoms with Gasteiger partial charge in [0.2, 0.25) is 0 Å². The molecule has 0 fully saturated rings. The van der Waals surface area contributed by atoms with E-state index in [9.17, 15) is 14.7 Å². The molecule has 0 saturated carbocycles. The highest BCUT2D eigenvalue weighted by Gasteiger charge is 2.13. The van der Waals surface area contributed by atoms with E-state index in [0.717, 1.165) is 23.1 Å². The van der Waals surface area contributed by atoms with E-state index in [0.29, 0.717) is 24.3 Å². The molecule has 0 aliphatic heterocycles. The summed E-state index contributed by atoms with van der Waals surface area (Å²) in [4.78, 5) is 28.4. The van der Waals surface area contributed by atoms with Gasteiger partial charge in [0.15, 0.2) is 11.2 Å². The van der Waals surface area contributed by atoms with Crippen molar-refractivity contribution in [1.82, 2.24) is 24.0 Å². The number of fused-ring (bicyclic) bond motifs is 1. The first kappa shape index (κ1) is 17.0. The van der Waals surface area contributed by atoms with Crippen LogP contribution in [0, 0.1) is 0 Å². The van der Waals surface area contributed by atoms with Crippen molar-refractivity contribution in [2.45, 2.75) is 13.0 Å². The van der Waals surface area contributed by atoms with E-state index < -0.39 is 0 Å². The van der Waals surface area contributed by atoms with E-state index in [4.69, 9.17) is 0 Å². The minimum Gasteiger partial charge on any atom is -0.508 e. The van der Waals surface area contributed by atoms with Crippen LogP contribution in [0.25, 0.3) is 11.2 Å². The first-order valence-corrected chi connectivity index (χ1v) is 8.08. The highest BCUT2D eigenvalue weighted by Crippen LogP contribution is 2.09. The molecule has 2 heterocycles. The van der Waals surface area contributed by atoms with Gasteiger partial charge < -0.3 is 15.0 Å². The number of benzene rings is 1. The molecule has 0 radical (unpaired) electrons. The van der Waals surface area contributed by atoms with Crippen molar-refractivity contribution in [1.29, 1.82) is 0 Å². The van der Waals surface area contributed by atoms with Gasteiger partial charge in [0.1, 0.15) is 5.75 Å². The van der Waals surface area contributed by atoms with E-state index in [-0.39, 0.29) is 17.0 Å². The maximum absolute atomic E-state index is 12.3. The van der Waals surface area contributed by atoms with Crippen LogP contribution in [0.5, 0.6) is 5.75 Å². The number of rotatable bonds is 6. The number of phenols is 1. The molecule has 132 valence electrons. The summed E-state index contributed by atoms with van der Waals surface area (Å²) in [5.74, 6) is 0.264. The predicted octanol–water partition coefficient (Wildman–Crippen LogP) is -0.0284. The molecule has 25 heavy (non-hydrogen) atoms. The zero-order valence-electron chi connectivity index (χ0n) is 14.3. The van der Waals surface area contributed by atoms with Gasteiger partial charge in [0.05, 0.1) is 6.33 Å². The molecule has 0 bridgehead atoms. The molecule has 0 saturated heterocycles. The Bertz CT molecular complexity index is 998. The SMILES string of the molecule is Cn1c(=O)c2c(ncn2CCNCCc2ccc(O)cc2)n(C)c1=O. The van der Waals surface area contributed by atoms with Crippen molar-refractivity contribution < 1.29 is 5.11 Å². The lowest BCUT2D eigenvalue weighted by molar-refractivity contribution is 0.475. The number of aryl methyl sites for hydroxylation is 1. The Labute approximate surface area is 144 Å². The quantitative estimate of drug-likeness (QED) is 0.613. The maximum Gasteiger partial charge on any atom is 0.332 e. The third-order valence-electron chi connectivity index (χ3n) is 4.27. The van der Waals surface area contributed by atoms with Crippen molar-refractivity contribution in [3.63, 3.8) is 0 Å². The minimum atomic E-state index is -0.380. The molecule has 0 aliphatic rings. The Balaban J connectivity index is 1.63. The van der Waals surface area contributed by atoms with Gasteiger partial charge in [-0.2, -0.15) is 0 Å².